The van der Waals surface area contributed by atoms with Gasteiger partial charge in [0.1, 0.15) is 5.54 Å². The highest BCUT2D eigenvalue weighted by Gasteiger charge is 2.32. The third-order valence-electron chi connectivity index (χ3n) is 3.45. The zero-order valence-corrected chi connectivity index (χ0v) is 10.5. The van der Waals surface area contributed by atoms with Crippen molar-refractivity contribution in [1.29, 1.82) is 0 Å². The number of nitrogens with one attached hydrogen (secondary N) is 1. The van der Waals surface area contributed by atoms with Crippen LogP contribution in [0.2, 0.25) is 0 Å². The van der Waals surface area contributed by atoms with Gasteiger partial charge >= 0.3 is 5.97 Å². The Hall–Kier alpha value is -0.610. The number of carbonyl (C=O) groups is 1. The van der Waals surface area contributed by atoms with Gasteiger partial charge in [-0.1, -0.05) is 12.8 Å². The first kappa shape index (κ1) is 13.5. The van der Waals surface area contributed by atoms with E-state index in [9.17, 15) is 4.79 Å². The lowest BCUT2D eigenvalue weighted by Gasteiger charge is -2.26. The van der Waals surface area contributed by atoms with E-state index >= 15 is 0 Å². The molecule has 94 valence electrons. The van der Waals surface area contributed by atoms with Crippen LogP contribution in [-0.4, -0.2) is 38.4 Å². The lowest BCUT2D eigenvalue weighted by Crippen LogP contribution is -2.49. The van der Waals surface area contributed by atoms with Gasteiger partial charge in [-0.05, 0) is 33.2 Å². The first-order valence-corrected chi connectivity index (χ1v) is 6.01. The molecule has 0 spiro atoms. The first-order chi connectivity index (χ1) is 7.62. The Balaban J connectivity index is 2.29. The molecule has 1 saturated carbocycles. The largest absolute Gasteiger partial charge is 0.468 e. The Kier molecular flexibility index (Phi) is 5.22. The van der Waals surface area contributed by atoms with Crippen LogP contribution in [0.5, 0.6) is 0 Å². The van der Waals surface area contributed by atoms with Crippen LogP contribution in [0.15, 0.2) is 0 Å². The number of hydrogen-bond acceptors (Lipinski definition) is 4. The Morgan fingerprint density at radius 2 is 2.06 bits per heavy atom. The van der Waals surface area contributed by atoms with E-state index in [2.05, 4.69) is 5.32 Å². The van der Waals surface area contributed by atoms with E-state index in [1.165, 1.54) is 20.0 Å². The maximum Gasteiger partial charge on any atom is 0.325 e. The average molecular weight is 229 g/mol. The van der Waals surface area contributed by atoms with Crippen molar-refractivity contribution in [3.05, 3.63) is 0 Å². The standard InChI is InChI=1S/C12H23NO3/c1-12(13-2,11(14)15-3)8-9-16-10-6-4-5-7-10/h10,13H,4-9H2,1-3H3. The number of methoxy groups -OCH3 is 1. The smallest absolute Gasteiger partial charge is 0.325 e. The maximum atomic E-state index is 11.6. The molecule has 1 N–H and O–H groups in total. The van der Waals surface area contributed by atoms with Crippen molar-refractivity contribution in [2.75, 3.05) is 20.8 Å². The molecule has 1 aliphatic rings. The summed E-state index contributed by atoms with van der Waals surface area (Å²) in [6.45, 7) is 2.45. The molecule has 4 heteroatoms. The monoisotopic (exact) mass is 229 g/mol. The van der Waals surface area contributed by atoms with Crippen molar-refractivity contribution in [3.63, 3.8) is 0 Å². The second kappa shape index (κ2) is 6.21. The van der Waals surface area contributed by atoms with Gasteiger partial charge in [0.2, 0.25) is 0 Å². The summed E-state index contributed by atoms with van der Waals surface area (Å²) in [6.07, 6.45) is 5.91. The van der Waals surface area contributed by atoms with Gasteiger partial charge in [0, 0.05) is 6.61 Å². The second-order valence-corrected chi connectivity index (χ2v) is 4.60. The molecular formula is C12H23NO3. The van der Waals surface area contributed by atoms with Crippen molar-refractivity contribution in [1.82, 2.24) is 5.32 Å². The zero-order valence-electron chi connectivity index (χ0n) is 10.5. The SMILES string of the molecule is CNC(C)(CCOC1CCCC1)C(=O)OC. The number of hydrogen-bond donors (Lipinski definition) is 1. The van der Waals surface area contributed by atoms with Crippen LogP contribution in [0, 0.1) is 0 Å². The number of ether oxygens (including phenoxy) is 2. The molecule has 0 heterocycles. The van der Waals surface area contributed by atoms with Crippen molar-refractivity contribution in [2.24, 2.45) is 0 Å². The fourth-order valence-electron chi connectivity index (χ4n) is 2.04. The molecule has 0 aromatic heterocycles. The second-order valence-electron chi connectivity index (χ2n) is 4.60. The summed E-state index contributed by atoms with van der Waals surface area (Å²) >= 11 is 0. The van der Waals surface area contributed by atoms with Crippen LogP contribution in [0.25, 0.3) is 0 Å². The summed E-state index contributed by atoms with van der Waals surface area (Å²) in [7, 11) is 3.18. The average Bonchev–Trinajstić information content (AvgIpc) is 2.80. The van der Waals surface area contributed by atoms with Crippen LogP contribution in [-0.2, 0) is 14.3 Å². The predicted molar refractivity (Wildman–Crippen MR) is 62.3 cm³/mol. The predicted octanol–water partition coefficient (Wildman–Crippen LogP) is 1.49. The lowest BCUT2D eigenvalue weighted by molar-refractivity contribution is -0.148. The van der Waals surface area contributed by atoms with Crippen molar-refractivity contribution >= 4 is 5.97 Å². The highest BCUT2D eigenvalue weighted by atomic mass is 16.5. The number of esters is 1. The van der Waals surface area contributed by atoms with Gasteiger partial charge in [-0.3, -0.25) is 4.79 Å². The zero-order chi connectivity index (χ0) is 12.0. The summed E-state index contributed by atoms with van der Waals surface area (Å²) < 4.78 is 10.5. The fourth-order valence-corrected chi connectivity index (χ4v) is 2.04. The van der Waals surface area contributed by atoms with Gasteiger partial charge in [0.25, 0.3) is 0 Å². The fraction of sp³-hybridized carbons (Fsp3) is 0.917. The van der Waals surface area contributed by atoms with E-state index in [0.717, 1.165) is 12.8 Å². The normalized spacial score (nSPS) is 20.7. The minimum absolute atomic E-state index is 0.231. The van der Waals surface area contributed by atoms with Crippen LogP contribution in [0.4, 0.5) is 0 Å². The van der Waals surface area contributed by atoms with Crippen LogP contribution in [0.3, 0.4) is 0 Å². The van der Waals surface area contributed by atoms with E-state index in [4.69, 9.17) is 9.47 Å². The molecule has 0 saturated heterocycles. The molecule has 0 bridgehead atoms. The molecule has 1 rings (SSSR count). The molecule has 4 nitrogen and oxygen atoms in total. The minimum Gasteiger partial charge on any atom is -0.468 e. The topological polar surface area (TPSA) is 47.6 Å². The molecule has 1 atom stereocenters. The molecule has 0 amide bonds. The van der Waals surface area contributed by atoms with E-state index < -0.39 is 5.54 Å². The third kappa shape index (κ3) is 3.46. The summed E-state index contributed by atoms with van der Waals surface area (Å²) in [4.78, 5) is 11.6. The van der Waals surface area contributed by atoms with Crippen molar-refractivity contribution in [3.8, 4) is 0 Å². The Morgan fingerprint density at radius 1 is 1.44 bits per heavy atom. The Morgan fingerprint density at radius 3 is 2.56 bits per heavy atom. The van der Waals surface area contributed by atoms with E-state index in [0.29, 0.717) is 19.1 Å². The quantitative estimate of drug-likeness (QED) is 0.701. The van der Waals surface area contributed by atoms with Gasteiger partial charge in [0.15, 0.2) is 0 Å². The summed E-state index contributed by atoms with van der Waals surface area (Å²) in [6, 6.07) is 0. The molecule has 0 aliphatic heterocycles. The highest BCUT2D eigenvalue weighted by Crippen LogP contribution is 2.22. The molecule has 0 radical (unpaired) electrons. The first-order valence-electron chi connectivity index (χ1n) is 6.01. The van der Waals surface area contributed by atoms with Gasteiger partial charge in [-0.2, -0.15) is 0 Å². The van der Waals surface area contributed by atoms with E-state index in [1.807, 2.05) is 6.92 Å². The van der Waals surface area contributed by atoms with Gasteiger partial charge in [-0.15, -0.1) is 0 Å². The molecular weight excluding hydrogens is 206 g/mol. The van der Waals surface area contributed by atoms with E-state index in [1.54, 1.807) is 7.05 Å². The third-order valence-corrected chi connectivity index (χ3v) is 3.45. The highest BCUT2D eigenvalue weighted by molar-refractivity contribution is 5.80. The van der Waals surface area contributed by atoms with Gasteiger partial charge in [0.05, 0.1) is 13.2 Å². The van der Waals surface area contributed by atoms with E-state index in [-0.39, 0.29) is 5.97 Å². The molecule has 1 aliphatic carbocycles. The number of rotatable bonds is 6. The lowest BCUT2D eigenvalue weighted by atomic mass is 9.99. The Labute approximate surface area is 97.7 Å². The van der Waals surface area contributed by atoms with Crippen LogP contribution in [0.1, 0.15) is 39.0 Å². The summed E-state index contributed by atoms with van der Waals surface area (Å²) in [5.41, 5.74) is -0.632. The van der Waals surface area contributed by atoms with Crippen molar-refractivity contribution in [2.45, 2.75) is 50.7 Å². The molecule has 1 fully saturated rings. The van der Waals surface area contributed by atoms with Crippen molar-refractivity contribution < 1.29 is 14.3 Å². The van der Waals surface area contributed by atoms with Gasteiger partial charge < -0.3 is 14.8 Å². The maximum absolute atomic E-state index is 11.6. The number of likely N-dealkylation sites (N-methyl/N-ethyl adjacent to an activating group) is 1. The van der Waals surface area contributed by atoms with Crippen LogP contribution < -0.4 is 5.32 Å². The van der Waals surface area contributed by atoms with Gasteiger partial charge in [-0.25, -0.2) is 0 Å². The summed E-state index contributed by atoms with van der Waals surface area (Å²) in [5, 5.41) is 3.00. The Bertz CT molecular complexity index is 226. The molecule has 16 heavy (non-hydrogen) atoms. The minimum atomic E-state index is -0.632. The molecule has 0 aromatic carbocycles. The number of carbonyl (C=O) groups excluding carboxylic acids is 1. The summed E-state index contributed by atoms with van der Waals surface area (Å²) in [5.74, 6) is -0.231. The molecule has 1 unspecified atom stereocenters. The van der Waals surface area contributed by atoms with Crippen LogP contribution >= 0.6 is 0 Å². The molecule has 0 aromatic rings.